The lowest BCUT2D eigenvalue weighted by atomic mass is 10.2. The predicted octanol–water partition coefficient (Wildman–Crippen LogP) is 1.43. The lowest BCUT2D eigenvalue weighted by molar-refractivity contribution is 0.600. The van der Waals surface area contributed by atoms with E-state index >= 15 is 0 Å². The van der Waals surface area contributed by atoms with Crippen molar-refractivity contribution in [3.05, 3.63) is 40.6 Å². The van der Waals surface area contributed by atoms with E-state index in [4.69, 9.17) is 5.73 Å². The Labute approximate surface area is 113 Å². The van der Waals surface area contributed by atoms with Crippen LogP contribution in [0, 0.1) is 0 Å². The van der Waals surface area contributed by atoms with Gasteiger partial charge in [-0.25, -0.2) is 8.42 Å². The van der Waals surface area contributed by atoms with Crippen molar-refractivity contribution < 1.29 is 8.42 Å². The lowest BCUT2D eigenvalue weighted by Crippen LogP contribution is -2.14. The zero-order valence-corrected chi connectivity index (χ0v) is 11.6. The first-order chi connectivity index (χ1) is 8.53. The van der Waals surface area contributed by atoms with Crippen LogP contribution in [0.25, 0.3) is 0 Å². The molecule has 0 radical (unpaired) electrons. The third-order valence-electron chi connectivity index (χ3n) is 2.27. The number of hydrogen-bond acceptors (Lipinski definition) is 4. The number of aromatic amines is 1. The minimum Gasteiger partial charge on any atom is -0.326 e. The number of rotatable bonds is 4. The number of anilines is 1. The number of aromatic nitrogens is 2. The fourth-order valence-electron chi connectivity index (χ4n) is 1.40. The Bertz CT molecular complexity index is 640. The Morgan fingerprint density at radius 2 is 2.22 bits per heavy atom. The average molecular weight is 331 g/mol. The zero-order valence-electron chi connectivity index (χ0n) is 9.22. The summed E-state index contributed by atoms with van der Waals surface area (Å²) >= 11 is 3.22. The van der Waals surface area contributed by atoms with Crippen LogP contribution in [0.2, 0.25) is 0 Å². The zero-order chi connectivity index (χ0) is 13.2. The molecule has 0 saturated heterocycles. The fourth-order valence-corrected chi connectivity index (χ4v) is 3.45. The summed E-state index contributed by atoms with van der Waals surface area (Å²) < 4.78 is 27.2. The van der Waals surface area contributed by atoms with Crippen molar-refractivity contribution in [1.82, 2.24) is 10.2 Å². The second-order valence-electron chi connectivity index (χ2n) is 3.56. The van der Waals surface area contributed by atoms with Crippen LogP contribution in [0.4, 0.5) is 5.69 Å². The van der Waals surface area contributed by atoms with Gasteiger partial charge in [0.1, 0.15) is 4.90 Å². The maximum absolute atomic E-state index is 12.2. The topological polar surface area (TPSA) is 101 Å². The van der Waals surface area contributed by atoms with Crippen molar-refractivity contribution in [2.45, 2.75) is 11.4 Å². The number of hydrogen-bond donors (Lipinski definition) is 3. The molecule has 0 atom stereocenters. The van der Waals surface area contributed by atoms with Crippen LogP contribution >= 0.6 is 15.9 Å². The quantitative estimate of drug-likeness (QED) is 0.789. The summed E-state index contributed by atoms with van der Waals surface area (Å²) in [4.78, 5) is 0.145. The van der Waals surface area contributed by atoms with Gasteiger partial charge in [0.05, 0.1) is 11.9 Å². The van der Waals surface area contributed by atoms with Gasteiger partial charge in [0, 0.05) is 17.2 Å². The first kappa shape index (κ1) is 13.1. The van der Waals surface area contributed by atoms with Gasteiger partial charge in [-0.2, -0.15) is 5.10 Å². The van der Waals surface area contributed by atoms with Crippen molar-refractivity contribution in [3.8, 4) is 0 Å². The van der Waals surface area contributed by atoms with Gasteiger partial charge in [0.15, 0.2) is 0 Å². The lowest BCUT2D eigenvalue weighted by Gasteiger charge is -2.09. The highest BCUT2D eigenvalue weighted by atomic mass is 79.9. The SMILES string of the molecule is NCc1ccc(Br)c(S(=O)(=O)Nc2cn[nH]c2)c1. The van der Waals surface area contributed by atoms with E-state index in [0.717, 1.165) is 5.56 Å². The Balaban J connectivity index is 2.40. The summed E-state index contributed by atoms with van der Waals surface area (Å²) in [7, 11) is -3.66. The smallest absolute Gasteiger partial charge is 0.263 e. The van der Waals surface area contributed by atoms with Gasteiger partial charge in [0.25, 0.3) is 10.0 Å². The fraction of sp³-hybridized carbons (Fsp3) is 0.100. The highest BCUT2D eigenvalue weighted by molar-refractivity contribution is 9.10. The number of benzene rings is 1. The van der Waals surface area contributed by atoms with E-state index in [-0.39, 0.29) is 11.4 Å². The van der Waals surface area contributed by atoms with Crippen molar-refractivity contribution in [2.75, 3.05) is 4.72 Å². The molecule has 0 aliphatic rings. The summed E-state index contributed by atoms with van der Waals surface area (Å²) in [6.45, 7) is 0.279. The molecule has 6 nitrogen and oxygen atoms in total. The molecule has 96 valence electrons. The van der Waals surface area contributed by atoms with E-state index in [1.807, 2.05) is 0 Å². The minimum atomic E-state index is -3.66. The minimum absolute atomic E-state index is 0.145. The van der Waals surface area contributed by atoms with E-state index in [1.54, 1.807) is 12.1 Å². The van der Waals surface area contributed by atoms with Crippen LogP contribution in [0.15, 0.2) is 40.0 Å². The first-order valence-corrected chi connectivity index (χ1v) is 7.30. The highest BCUT2D eigenvalue weighted by Crippen LogP contribution is 2.25. The third-order valence-corrected chi connectivity index (χ3v) is 4.65. The molecule has 1 aromatic carbocycles. The molecule has 0 saturated carbocycles. The Morgan fingerprint density at radius 3 is 2.83 bits per heavy atom. The molecule has 1 heterocycles. The third kappa shape index (κ3) is 2.71. The van der Waals surface area contributed by atoms with Crippen LogP contribution in [0.3, 0.4) is 0 Å². The normalized spacial score (nSPS) is 11.4. The summed E-state index contributed by atoms with van der Waals surface area (Å²) in [5.74, 6) is 0. The van der Waals surface area contributed by atoms with Crippen molar-refractivity contribution >= 4 is 31.6 Å². The second-order valence-corrected chi connectivity index (χ2v) is 6.07. The predicted molar refractivity (Wildman–Crippen MR) is 71.4 cm³/mol. The Hall–Kier alpha value is -1.38. The van der Waals surface area contributed by atoms with Crippen molar-refractivity contribution in [3.63, 3.8) is 0 Å². The number of nitrogens with two attached hydrogens (primary N) is 1. The van der Waals surface area contributed by atoms with Crippen molar-refractivity contribution in [1.29, 1.82) is 0 Å². The van der Waals surface area contributed by atoms with Gasteiger partial charge in [-0.1, -0.05) is 6.07 Å². The number of nitrogens with one attached hydrogen (secondary N) is 2. The number of H-pyrrole nitrogens is 1. The van der Waals surface area contributed by atoms with Gasteiger partial charge in [-0.05, 0) is 33.6 Å². The van der Waals surface area contributed by atoms with Crippen LogP contribution in [0.5, 0.6) is 0 Å². The number of nitrogens with zero attached hydrogens (tertiary/aromatic N) is 1. The average Bonchev–Trinajstić information content (AvgIpc) is 2.81. The molecule has 1 aromatic heterocycles. The maximum Gasteiger partial charge on any atom is 0.263 e. The Kier molecular flexibility index (Phi) is 3.69. The highest BCUT2D eigenvalue weighted by Gasteiger charge is 2.18. The van der Waals surface area contributed by atoms with Gasteiger partial charge < -0.3 is 5.73 Å². The largest absolute Gasteiger partial charge is 0.326 e. The standard InChI is InChI=1S/C10H11BrN4O2S/c11-9-2-1-7(4-12)3-10(9)18(16,17)15-8-5-13-14-6-8/h1-3,5-6,15H,4,12H2,(H,13,14). The summed E-state index contributed by atoms with van der Waals surface area (Å²) in [5, 5.41) is 6.20. The van der Waals surface area contributed by atoms with E-state index in [9.17, 15) is 8.42 Å². The summed E-state index contributed by atoms with van der Waals surface area (Å²) in [5.41, 5.74) is 6.62. The molecular weight excluding hydrogens is 320 g/mol. The van der Waals surface area contributed by atoms with Gasteiger partial charge in [-0.3, -0.25) is 9.82 Å². The van der Waals surface area contributed by atoms with Crippen LogP contribution in [-0.2, 0) is 16.6 Å². The molecule has 0 aliphatic carbocycles. The molecule has 0 fully saturated rings. The van der Waals surface area contributed by atoms with E-state index in [2.05, 4.69) is 30.8 Å². The molecule has 0 spiro atoms. The Morgan fingerprint density at radius 1 is 1.44 bits per heavy atom. The molecule has 2 rings (SSSR count). The van der Waals surface area contributed by atoms with Gasteiger partial charge in [0.2, 0.25) is 0 Å². The molecule has 4 N–H and O–H groups in total. The molecule has 0 unspecified atom stereocenters. The first-order valence-electron chi connectivity index (χ1n) is 5.03. The van der Waals surface area contributed by atoms with Crippen LogP contribution < -0.4 is 10.5 Å². The molecule has 0 amide bonds. The maximum atomic E-state index is 12.2. The monoisotopic (exact) mass is 330 g/mol. The van der Waals surface area contributed by atoms with Gasteiger partial charge >= 0.3 is 0 Å². The van der Waals surface area contributed by atoms with Crippen LogP contribution in [-0.4, -0.2) is 18.6 Å². The van der Waals surface area contributed by atoms with Crippen LogP contribution in [0.1, 0.15) is 5.56 Å². The van der Waals surface area contributed by atoms with E-state index < -0.39 is 10.0 Å². The van der Waals surface area contributed by atoms with Gasteiger partial charge in [-0.15, -0.1) is 0 Å². The van der Waals surface area contributed by atoms with E-state index in [0.29, 0.717) is 10.2 Å². The van der Waals surface area contributed by atoms with Crippen molar-refractivity contribution in [2.24, 2.45) is 5.73 Å². The molecule has 0 aliphatic heterocycles. The summed E-state index contributed by atoms with van der Waals surface area (Å²) in [6.07, 6.45) is 2.84. The molecular formula is C10H11BrN4O2S. The molecule has 8 heteroatoms. The molecule has 0 bridgehead atoms. The molecule has 2 aromatic rings. The van der Waals surface area contributed by atoms with E-state index in [1.165, 1.54) is 18.5 Å². The number of halogens is 1. The number of sulfonamides is 1. The second kappa shape index (κ2) is 5.09. The molecule has 18 heavy (non-hydrogen) atoms. The summed E-state index contributed by atoms with van der Waals surface area (Å²) in [6, 6.07) is 4.96.